The number of ether oxygens (including phenoxy) is 2. The van der Waals surface area contributed by atoms with Gasteiger partial charge in [0.2, 0.25) is 0 Å². The number of carbonyl (C=O) groups is 1. The van der Waals surface area contributed by atoms with Gasteiger partial charge in [-0.2, -0.15) is 5.10 Å². The van der Waals surface area contributed by atoms with E-state index < -0.39 is 0 Å². The number of hydrazone groups is 1. The van der Waals surface area contributed by atoms with Crippen molar-refractivity contribution in [2.45, 2.75) is 12.1 Å². The second-order valence-electron chi connectivity index (χ2n) is 7.60. The summed E-state index contributed by atoms with van der Waals surface area (Å²) in [7, 11) is 3.22. The lowest BCUT2D eigenvalue weighted by molar-refractivity contribution is -0.118. The number of thioether (sulfide) groups is 1. The molecule has 8 nitrogen and oxygen atoms in total. The van der Waals surface area contributed by atoms with E-state index in [0.29, 0.717) is 21.7 Å². The summed E-state index contributed by atoms with van der Waals surface area (Å²) in [5.41, 5.74) is 5.80. The van der Waals surface area contributed by atoms with Gasteiger partial charge in [-0.25, -0.2) is 5.43 Å². The van der Waals surface area contributed by atoms with E-state index in [9.17, 15) is 4.79 Å². The van der Waals surface area contributed by atoms with Crippen molar-refractivity contribution in [3.05, 3.63) is 83.4 Å². The molecular formula is C26H24ClN5O3S. The van der Waals surface area contributed by atoms with Crippen LogP contribution in [0.3, 0.4) is 0 Å². The molecule has 1 amide bonds. The molecule has 1 heterocycles. The third-order valence-electron chi connectivity index (χ3n) is 5.23. The zero-order valence-corrected chi connectivity index (χ0v) is 21.5. The molecule has 10 heteroatoms. The number of carbonyl (C=O) groups excluding carboxylic acids is 1. The molecule has 184 valence electrons. The fraction of sp³-hybridized carbons (Fsp3) is 0.154. The van der Waals surface area contributed by atoms with Crippen LogP contribution >= 0.6 is 23.4 Å². The summed E-state index contributed by atoms with van der Waals surface area (Å²) in [4.78, 5) is 12.6. The van der Waals surface area contributed by atoms with Gasteiger partial charge in [0.25, 0.3) is 5.91 Å². The number of benzene rings is 3. The molecule has 1 N–H and O–H groups in total. The number of hydrogen-bond acceptors (Lipinski definition) is 7. The predicted molar refractivity (Wildman–Crippen MR) is 142 cm³/mol. The Balaban J connectivity index is 1.52. The Bertz CT molecular complexity index is 1370. The van der Waals surface area contributed by atoms with Crippen molar-refractivity contribution >= 4 is 35.0 Å². The number of amides is 1. The average molecular weight is 522 g/mol. The van der Waals surface area contributed by atoms with E-state index >= 15 is 0 Å². The van der Waals surface area contributed by atoms with E-state index in [-0.39, 0.29) is 11.7 Å². The van der Waals surface area contributed by atoms with Crippen LogP contribution in [0.1, 0.15) is 12.5 Å². The van der Waals surface area contributed by atoms with Gasteiger partial charge in [0.05, 0.1) is 25.7 Å². The van der Waals surface area contributed by atoms with Gasteiger partial charge in [0.15, 0.2) is 11.0 Å². The van der Waals surface area contributed by atoms with Crippen molar-refractivity contribution in [3.63, 3.8) is 0 Å². The van der Waals surface area contributed by atoms with Gasteiger partial charge >= 0.3 is 0 Å². The molecule has 36 heavy (non-hydrogen) atoms. The third kappa shape index (κ3) is 6.05. The molecule has 0 fully saturated rings. The standard InChI is InChI=1S/C26H24ClN5O3S/c1-17(19-5-4-6-23(15-19)35-3)28-29-24(33)16-36-26-31-30-25(18-7-13-22(34-2)14-8-18)32(26)21-11-9-20(27)10-12-21/h4-15H,16H2,1-3H3,(H,29,33)/b28-17-. The molecule has 0 aliphatic heterocycles. The Morgan fingerprint density at radius 3 is 2.42 bits per heavy atom. The molecule has 0 unspecified atom stereocenters. The van der Waals surface area contributed by atoms with Crippen LogP contribution in [0.25, 0.3) is 17.1 Å². The van der Waals surface area contributed by atoms with E-state index in [1.807, 2.05) is 72.2 Å². The summed E-state index contributed by atoms with van der Waals surface area (Å²) >= 11 is 7.36. The molecule has 3 aromatic carbocycles. The van der Waals surface area contributed by atoms with E-state index in [2.05, 4.69) is 20.7 Å². The van der Waals surface area contributed by atoms with Gasteiger partial charge in [-0.3, -0.25) is 9.36 Å². The SMILES string of the molecule is COc1ccc(-c2nnc(SCC(=O)N/N=C(/C)c3cccc(OC)c3)n2-c2ccc(Cl)cc2)cc1. The van der Waals surface area contributed by atoms with Crippen LogP contribution < -0.4 is 14.9 Å². The third-order valence-corrected chi connectivity index (χ3v) is 6.42. The van der Waals surface area contributed by atoms with Crippen molar-refractivity contribution in [1.82, 2.24) is 20.2 Å². The lowest BCUT2D eigenvalue weighted by Gasteiger charge is -2.11. The Hall–Kier alpha value is -3.82. The summed E-state index contributed by atoms with van der Waals surface area (Å²) in [6.45, 7) is 1.82. The van der Waals surface area contributed by atoms with Crippen molar-refractivity contribution in [2.24, 2.45) is 5.10 Å². The molecule has 0 aliphatic carbocycles. The molecule has 0 bridgehead atoms. The normalized spacial score (nSPS) is 11.3. The average Bonchev–Trinajstić information content (AvgIpc) is 3.35. The number of methoxy groups -OCH3 is 2. The van der Waals surface area contributed by atoms with Gasteiger partial charge in [0, 0.05) is 21.8 Å². The van der Waals surface area contributed by atoms with Gasteiger partial charge in [-0.15, -0.1) is 10.2 Å². The highest BCUT2D eigenvalue weighted by molar-refractivity contribution is 7.99. The Morgan fingerprint density at radius 2 is 1.72 bits per heavy atom. The van der Waals surface area contributed by atoms with Crippen LogP contribution in [0.2, 0.25) is 5.02 Å². The van der Waals surface area contributed by atoms with E-state index in [4.69, 9.17) is 21.1 Å². The summed E-state index contributed by atoms with van der Waals surface area (Å²) < 4.78 is 12.4. The summed E-state index contributed by atoms with van der Waals surface area (Å²) in [5.74, 6) is 1.93. The molecule has 1 aromatic heterocycles. The lowest BCUT2D eigenvalue weighted by Crippen LogP contribution is -2.21. The molecule has 4 aromatic rings. The first-order chi connectivity index (χ1) is 17.5. The maximum absolute atomic E-state index is 12.6. The van der Waals surface area contributed by atoms with Crippen LogP contribution in [0.4, 0.5) is 0 Å². The largest absolute Gasteiger partial charge is 0.497 e. The van der Waals surface area contributed by atoms with Gasteiger partial charge in [0.1, 0.15) is 11.5 Å². The molecule has 4 rings (SSSR count). The molecule has 0 saturated heterocycles. The highest BCUT2D eigenvalue weighted by Crippen LogP contribution is 2.29. The zero-order valence-electron chi connectivity index (χ0n) is 19.9. The highest BCUT2D eigenvalue weighted by Gasteiger charge is 2.17. The maximum Gasteiger partial charge on any atom is 0.250 e. The van der Waals surface area contributed by atoms with E-state index in [0.717, 1.165) is 28.3 Å². The molecule has 0 spiro atoms. The molecule has 0 aliphatic rings. The van der Waals surface area contributed by atoms with Crippen LogP contribution in [0, 0.1) is 0 Å². The molecule has 0 radical (unpaired) electrons. The second-order valence-corrected chi connectivity index (χ2v) is 8.98. The van der Waals surface area contributed by atoms with E-state index in [1.54, 1.807) is 26.4 Å². The maximum atomic E-state index is 12.6. The fourth-order valence-electron chi connectivity index (χ4n) is 3.33. The quantitative estimate of drug-likeness (QED) is 0.184. The predicted octanol–water partition coefficient (Wildman–Crippen LogP) is 5.24. The second kappa shape index (κ2) is 11.7. The van der Waals surface area contributed by atoms with Crippen molar-refractivity contribution in [2.75, 3.05) is 20.0 Å². The first-order valence-corrected chi connectivity index (χ1v) is 12.3. The molecule has 0 saturated carbocycles. The highest BCUT2D eigenvalue weighted by atomic mass is 35.5. The Labute approximate surface area is 218 Å². The summed E-state index contributed by atoms with van der Waals surface area (Å²) in [6, 6.07) is 22.4. The minimum atomic E-state index is -0.265. The number of halogens is 1. The van der Waals surface area contributed by atoms with Gasteiger partial charge < -0.3 is 9.47 Å². The minimum Gasteiger partial charge on any atom is -0.497 e. The number of rotatable bonds is 9. The number of nitrogens with zero attached hydrogens (tertiary/aromatic N) is 4. The fourth-order valence-corrected chi connectivity index (χ4v) is 4.20. The van der Waals surface area contributed by atoms with Crippen molar-refractivity contribution < 1.29 is 14.3 Å². The topological polar surface area (TPSA) is 90.6 Å². The first kappa shape index (κ1) is 25.3. The lowest BCUT2D eigenvalue weighted by atomic mass is 10.1. The monoisotopic (exact) mass is 521 g/mol. The summed E-state index contributed by atoms with van der Waals surface area (Å²) in [6.07, 6.45) is 0. The summed E-state index contributed by atoms with van der Waals surface area (Å²) in [5, 5.41) is 14.1. The van der Waals surface area contributed by atoms with Crippen molar-refractivity contribution in [1.29, 1.82) is 0 Å². The van der Waals surface area contributed by atoms with Crippen LogP contribution in [0.5, 0.6) is 11.5 Å². The van der Waals surface area contributed by atoms with Crippen LogP contribution in [0.15, 0.2) is 83.1 Å². The van der Waals surface area contributed by atoms with Crippen LogP contribution in [-0.2, 0) is 4.79 Å². The van der Waals surface area contributed by atoms with Gasteiger partial charge in [-0.05, 0) is 67.6 Å². The minimum absolute atomic E-state index is 0.100. The Kier molecular flexibility index (Phi) is 8.24. The van der Waals surface area contributed by atoms with Crippen LogP contribution in [-0.4, -0.2) is 46.4 Å². The number of aromatic nitrogens is 3. The first-order valence-electron chi connectivity index (χ1n) is 10.9. The zero-order chi connectivity index (χ0) is 25.5. The van der Waals surface area contributed by atoms with E-state index in [1.165, 1.54) is 11.8 Å². The number of hydrogen-bond donors (Lipinski definition) is 1. The molecular weight excluding hydrogens is 498 g/mol. The number of nitrogens with one attached hydrogen (secondary N) is 1. The van der Waals surface area contributed by atoms with Gasteiger partial charge in [-0.1, -0.05) is 35.5 Å². The smallest absolute Gasteiger partial charge is 0.250 e. The molecule has 0 atom stereocenters. The Morgan fingerprint density at radius 1 is 1.00 bits per heavy atom. The van der Waals surface area contributed by atoms with Crippen molar-refractivity contribution in [3.8, 4) is 28.6 Å².